The first-order valence-corrected chi connectivity index (χ1v) is 7.23. The monoisotopic (exact) mass is 279 g/mol. The van der Waals surface area contributed by atoms with Gasteiger partial charge in [-0.05, 0) is 18.6 Å². The molecule has 5 heteroatoms. The van der Waals surface area contributed by atoms with E-state index >= 15 is 0 Å². The molecule has 0 unspecified atom stereocenters. The molecular formula is C14H17NO3S. The minimum Gasteiger partial charge on any atom is -0.491 e. The van der Waals surface area contributed by atoms with Crippen LogP contribution < -0.4 is 10.1 Å². The number of carbonyl (C=O) groups is 1. The van der Waals surface area contributed by atoms with Crippen LogP contribution in [0, 0.1) is 6.92 Å². The number of nitrogens with one attached hydrogen (secondary N) is 1. The fourth-order valence-corrected chi connectivity index (χ4v) is 2.24. The number of aryl methyl sites for hydroxylation is 1. The standard InChI is InChI=1S/C14H17NO3S/c1-11-4-2-3-5-12(11)17-7-6-15-14(16)13-10-19-9-8-18-13/h2-5,10H,6-9H2,1H3,(H,15,16). The number of carbonyl (C=O) groups excluding carboxylic acids is 1. The second kappa shape index (κ2) is 7.09. The van der Waals surface area contributed by atoms with Crippen LogP contribution in [-0.2, 0) is 9.53 Å². The molecule has 0 bridgehead atoms. The number of thioether (sulfide) groups is 1. The van der Waals surface area contributed by atoms with Crippen molar-refractivity contribution < 1.29 is 14.3 Å². The Balaban J connectivity index is 1.71. The minimum absolute atomic E-state index is 0.180. The molecule has 0 aliphatic carbocycles. The van der Waals surface area contributed by atoms with Crippen LogP contribution in [0.4, 0.5) is 0 Å². The van der Waals surface area contributed by atoms with Crippen LogP contribution in [0.5, 0.6) is 5.75 Å². The van der Waals surface area contributed by atoms with E-state index in [4.69, 9.17) is 9.47 Å². The largest absolute Gasteiger partial charge is 0.491 e. The highest BCUT2D eigenvalue weighted by atomic mass is 32.2. The molecule has 1 heterocycles. The Kier molecular flexibility index (Phi) is 5.15. The van der Waals surface area contributed by atoms with Crippen molar-refractivity contribution in [1.29, 1.82) is 0 Å². The van der Waals surface area contributed by atoms with Gasteiger partial charge in [0, 0.05) is 11.2 Å². The number of benzene rings is 1. The van der Waals surface area contributed by atoms with Gasteiger partial charge in [-0.2, -0.15) is 0 Å². The van der Waals surface area contributed by atoms with E-state index in [1.54, 1.807) is 17.2 Å². The maximum absolute atomic E-state index is 11.7. The number of hydrogen-bond donors (Lipinski definition) is 1. The van der Waals surface area contributed by atoms with Gasteiger partial charge in [-0.25, -0.2) is 0 Å². The van der Waals surface area contributed by atoms with Gasteiger partial charge >= 0.3 is 0 Å². The van der Waals surface area contributed by atoms with Crippen LogP contribution in [0.3, 0.4) is 0 Å². The average Bonchev–Trinajstić information content (AvgIpc) is 2.46. The Morgan fingerprint density at radius 2 is 2.32 bits per heavy atom. The molecule has 1 aliphatic rings. The van der Waals surface area contributed by atoms with Crippen LogP contribution in [0.25, 0.3) is 0 Å². The van der Waals surface area contributed by atoms with Crippen LogP contribution in [0.2, 0.25) is 0 Å². The zero-order valence-electron chi connectivity index (χ0n) is 10.8. The molecule has 1 aliphatic heterocycles. The van der Waals surface area contributed by atoms with Crippen molar-refractivity contribution in [3.63, 3.8) is 0 Å². The molecule has 0 atom stereocenters. The van der Waals surface area contributed by atoms with Gasteiger partial charge in [0.15, 0.2) is 5.76 Å². The summed E-state index contributed by atoms with van der Waals surface area (Å²) in [7, 11) is 0. The first kappa shape index (κ1) is 13.8. The normalized spacial score (nSPS) is 14.3. The summed E-state index contributed by atoms with van der Waals surface area (Å²) in [4.78, 5) is 11.7. The molecule has 19 heavy (non-hydrogen) atoms. The zero-order valence-corrected chi connectivity index (χ0v) is 11.7. The summed E-state index contributed by atoms with van der Waals surface area (Å²) in [5.74, 6) is 1.96. The van der Waals surface area contributed by atoms with E-state index in [1.165, 1.54) is 0 Å². The molecule has 0 spiro atoms. The van der Waals surface area contributed by atoms with Gasteiger partial charge in [0.05, 0.1) is 13.2 Å². The number of rotatable bonds is 5. The van der Waals surface area contributed by atoms with Crippen molar-refractivity contribution in [3.05, 3.63) is 41.0 Å². The summed E-state index contributed by atoms with van der Waals surface area (Å²) in [5, 5.41) is 4.52. The maximum atomic E-state index is 11.7. The molecule has 102 valence electrons. The Labute approximate surface area is 117 Å². The highest BCUT2D eigenvalue weighted by Gasteiger charge is 2.13. The Morgan fingerprint density at radius 1 is 1.47 bits per heavy atom. The first-order valence-electron chi connectivity index (χ1n) is 6.18. The summed E-state index contributed by atoms with van der Waals surface area (Å²) in [6.45, 7) is 3.48. The van der Waals surface area contributed by atoms with Gasteiger partial charge in [-0.1, -0.05) is 18.2 Å². The molecule has 0 aromatic heterocycles. The summed E-state index contributed by atoms with van der Waals surface area (Å²) in [5.41, 5.74) is 1.09. The first-order chi connectivity index (χ1) is 9.27. The van der Waals surface area contributed by atoms with E-state index in [9.17, 15) is 4.79 Å². The lowest BCUT2D eigenvalue weighted by molar-refractivity contribution is -0.120. The van der Waals surface area contributed by atoms with Crippen molar-refractivity contribution in [3.8, 4) is 5.75 Å². The Hall–Kier alpha value is -1.62. The Bertz CT molecular complexity index is 474. The van der Waals surface area contributed by atoms with Gasteiger partial charge in [0.2, 0.25) is 0 Å². The Morgan fingerprint density at radius 3 is 3.05 bits per heavy atom. The predicted molar refractivity (Wildman–Crippen MR) is 76.2 cm³/mol. The topological polar surface area (TPSA) is 47.6 Å². The third-order valence-electron chi connectivity index (χ3n) is 2.61. The average molecular weight is 279 g/mol. The summed E-state index contributed by atoms with van der Waals surface area (Å²) in [6, 6.07) is 7.81. The molecule has 4 nitrogen and oxygen atoms in total. The third-order valence-corrected chi connectivity index (χ3v) is 3.39. The molecule has 0 radical (unpaired) electrons. The molecule has 0 fully saturated rings. The molecular weight excluding hydrogens is 262 g/mol. The summed E-state index contributed by atoms with van der Waals surface area (Å²) < 4.78 is 10.9. The van der Waals surface area contributed by atoms with Crippen molar-refractivity contribution in [2.45, 2.75) is 6.92 Å². The lowest BCUT2D eigenvalue weighted by atomic mass is 10.2. The van der Waals surface area contributed by atoms with Gasteiger partial charge in [-0.15, -0.1) is 11.8 Å². The van der Waals surface area contributed by atoms with E-state index in [-0.39, 0.29) is 5.91 Å². The molecule has 1 amide bonds. The van der Waals surface area contributed by atoms with Crippen LogP contribution >= 0.6 is 11.8 Å². The van der Waals surface area contributed by atoms with Gasteiger partial charge < -0.3 is 14.8 Å². The number of amides is 1. The van der Waals surface area contributed by atoms with E-state index < -0.39 is 0 Å². The van der Waals surface area contributed by atoms with Crippen molar-refractivity contribution in [2.75, 3.05) is 25.5 Å². The van der Waals surface area contributed by atoms with E-state index in [2.05, 4.69) is 5.32 Å². The molecule has 0 saturated heterocycles. The molecule has 1 N–H and O–H groups in total. The SMILES string of the molecule is Cc1ccccc1OCCNC(=O)C1=CSCCO1. The highest BCUT2D eigenvalue weighted by Crippen LogP contribution is 2.16. The van der Waals surface area contributed by atoms with E-state index in [0.717, 1.165) is 17.1 Å². The maximum Gasteiger partial charge on any atom is 0.287 e. The van der Waals surface area contributed by atoms with Crippen molar-refractivity contribution in [1.82, 2.24) is 5.32 Å². The lowest BCUT2D eigenvalue weighted by Gasteiger charge is -2.14. The number of ether oxygens (including phenoxy) is 2. The van der Waals surface area contributed by atoms with E-state index in [0.29, 0.717) is 25.5 Å². The summed E-state index contributed by atoms with van der Waals surface area (Å²) >= 11 is 1.59. The van der Waals surface area contributed by atoms with Crippen molar-refractivity contribution in [2.24, 2.45) is 0 Å². The second-order valence-corrected chi connectivity index (χ2v) is 5.05. The van der Waals surface area contributed by atoms with E-state index in [1.807, 2.05) is 31.2 Å². The van der Waals surface area contributed by atoms with Crippen molar-refractivity contribution >= 4 is 17.7 Å². The second-order valence-electron chi connectivity index (χ2n) is 4.07. The van der Waals surface area contributed by atoms with Crippen LogP contribution in [0.15, 0.2) is 35.4 Å². The molecule has 0 saturated carbocycles. The molecule has 1 aromatic carbocycles. The lowest BCUT2D eigenvalue weighted by Crippen LogP contribution is -2.31. The van der Waals surface area contributed by atoms with Crippen LogP contribution in [-0.4, -0.2) is 31.4 Å². The van der Waals surface area contributed by atoms with Gasteiger partial charge in [-0.3, -0.25) is 4.79 Å². The molecule has 2 rings (SSSR count). The smallest absolute Gasteiger partial charge is 0.287 e. The van der Waals surface area contributed by atoms with Gasteiger partial charge in [0.1, 0.15) is 12.4 Å². The third kappa shape index (κ3) is 4.21. The number of para-hydroxylation sites is 1. The quantitative estimate of drug-likeness (QED) is 0.839. The predicted octanol–water partition coefficient (Wildman–Crippen LogP) is 2.09. The molecule has 1 aromatic rings. The highest BCUT2D eigenvalue weighted by molar-refractivity contribution is 8.02. The zero-order chi connectivity index (χ0) is 13.5. The minimum atomic E-state index is -0.180. The fourth-order valence-electron chi connectivity index (χ4n) is 1.62. The number of hydrogen-bond acceptors (Lipinski definition) is 4. The fraction of sp³-hybridized carbons (Fsp3) is 0.357. The van der Waals surface area contributed by atoms with Crippen LogP contribution in [0.1, 0.15) is 5.56 Å². The van der Waals surface area contributed by atoms with Gasteiger partial charge in [0.25, 0.3) is 5.91 Å². The summed E-state index contributed by atoms with van der Waals surface area (Å²) in [6.07, 6.45) is 0.